The molecule has 1 amide bonds. The number of amides is 1. The molecule has 1 aromatic carbocycles. The van der Waals surface area contributed by atoms with Crippen molar-refractivity contribution in [3.05, 3.63) is 34.9 Å². The first-order chi connectivity index (χ1) is 7.56. The number of carbonyl (C=O) groups is 1. The van der Waals surface area contributed by atoms with E-state index in [2.05, 4.69) is 11.4 Å². The Morgan fingerprint density at radius 3 is 2.81 bits per heavy atom. The molecule has 0 aliphatic heterocycles. The summed E-state index contributed by atoms with van der Waals surface area (Å²) in [6.07, 6.45) is 0. The van der Waals surface area contributed by atoms with Crippen LogP contribution < -0.4 is 5.32 Å². The number of carbonyl (C=O) groups excluding carboxylic acids is 1. The zero-order chi connectivity index (χ0) is 12.1. The molecular formula is C13H16N2O. The number of aryl methyl sites for hydroxylation is 1. The molecule has 0 saturated carbocycles. The number of benzene rings is 1. The lowest BCUT2D eigenvalue weighted by atomic mass is 10.0. The molecule has 0 saturated heterocycles. The van der Waals surface area contributed by atoms with Gasteiger partial charge in [-0.05, 0) is 38.0 Å². The minimum Gasteiger partial charge on any atom is -0.351 e. The largest absolute Gasteiger partial charge is 0.351 e. The first-order valence-corrected chi connectivity index (χ1v) is 5.30. The summed E-state index contributed by atoms with van der Waals surface area (Å²) < 4.78 is 0. The highest BCUT2D eigenvalue weighted by Gasteiger charge is 2.10. The summed E-state index contributed by atoms with van der Waals surface area (Å²) in [4.78, 5) is 11.8. The predicted octanol–water partition coefficient (Wildman–Crippen LogP) is 2.19. The second-order valence-electron chi connectivity index (χ2n) is 3.99. The molecule has 1 rings (SSSR count). The molecule has 0 bridgehead atoms. The zero-order valence-electron chi connectivity index (χ0n) is 9.87. The Kier molecular flexibility index (Phi) is 4.07. The fraction of sp³-hybridized carbons (Fsp3) is 0.385. The van der Waals surface area contributed by atoms with Gasteiger partial charge in [0.05, 0.1) is 12.0 Å². The molecule has 84 valence electrons. The average Bonchev–Trinajstić information content (AvgIpc) is 2.29. The Morgan fingerprint density at radius 1 is 1.50 bits per heavy atom. The van der Waals surface area contributed by atoms with Gasteiger partial charge in [0.1, 0.15) is 0 Å². The van der Waals surface area contributed by atoms with E-state index in [4.69, 9.17) is 5.26 Å². The molecule has 1 atom stereocenters. The van der Waals surface area contributed by atoms with E-state index in [1.807, 2.05) is 26.0 Å². The molecule has 0 radical (unpaired) electrons. The minimum absolute atomic E-state index is 0.108. The van der Waals surface area contributed by atoms with Crippen molar-refractivity contribution in [3.8, 4) is 6.07 Å². The lowest BCUT2D eigenvalue weighted by Gasteiger charge is -2.09. The van der Waals surface area contributed by atoms with Gasteiger partial charge in [0.15, 0.2) is 0 Å². The van der Waals surface area contributed by atoms with Gasteiger partial charge in [-0.15, -0.1) is 0 Å². The highest BCUT2D eigenvalue weighted by Crippen LogP contribution is 2.12. The van der Waals surface area contributed by atoms with E-state index >= 15 is 0 Å². The Hall–Kier alpha value is -1.82. The van der Waals surface area contributed by atoms with Crippen LogP contribution in [0.25, 0.3) is 0 Å². The summed E-state index contributed by atoms with van der Waals surface area (Å²) in [5.41, 5.74) is 2.77. The topological polar surface area (TPSA) is 52.9 Å². The SMILES string of the molecule is Cc1cccc(C(=O)NCC(C)C#N)c1C. The quantitative estimate of drug-likeness (QED) is 0.842. The third-order valence-corrected chi connectivity index (χ3v) is 2.64. The van der Waals surface area contributed by atoms with E-state index in [0.717, 1.165) is 11.1 Å². The van der Waals surface area contributed by atoms with E-state index in [9.17, 15) is 4.79 Å². The van der Waals surface area contributed by atoms with Crippen molar-refractivity contribution in [1.82, 2.24) is 5.32 Å². The van der Waals surface area contributed by atoms with Crippen LogP contribution in [0.3, 0.4) is 0 Å². The van der Waals surface area contributed by atoms with Crippen LogP contribution in [-0.4, -0.2) is 12.5 Å². The molecule has 1 unspecified atom stereocenters. The van der Waals surface area contributed by atoms with Gasteiger partial charge in [0.2, 0.25) is 0 Å². The van der Waals surface area contributed by atoms with Crippen LogP contribution in [0.5, 0.6) is 0 Å². The number of nitrogens with zero attached hydrogens (tertiary/aromatic N) is 1. The Bertz CT molecular complexity index is 432. The van der Waals surface area contributed by atoms with Gasteiger partial charge >= 0.3 is 0 Å². The highest BCUT2D eigenvalue weighted by atomic mass is 16.1. The van der Waals surface area contributed by atoms with Crippen LogP contribution in [-0.2, 0) is 0 Å². The molecule has 16 heavy (non-hydrogen) atoms. The molecule has 3 nitrogen and oxygen atoms in total. The molecule has 0 heterocycles. The van der Waals surface area contributed by atoms with Crippen molar-refractivity contribution >= 4 is 5.91 Å². The number of nitrogens with one attached hydrogen (secondary N) is 1. The summed E-state index contributed by atoms with van der Waals surface area (Å²) in [7, 11) is 0. The van der Waals surface area contributed by atoms with E-state index < -0.39 is 0 Å². The lowest BCUT2D eigenvalue weighted by Crippen LogP contribution is -2.28. The van der Waals surface area contributed by atoms with Crippen molar-refractivity contribution in [1.29, 1.82) is 5.26 Å². The van der Waals surface area contributed by atoms with Crippen LogP contribution >= 0.6 is 0 Å². The maximum atomic E-state index is 11.8. The molecule has 0 aliphatic carbocycles. The van der Waals surface area contributed by atoms with Crippen molar-refractivity contribution < 1.29 is 4.79 Å². The van der Waals surface area contributed by atoms with Crippen LogP contribution in [0.1, 0.15) is 28.4 Å². The number of nitriles is 1. The van der Waals surface area contributed by atoms with Gasteiger partial charge in [-0.2, -0.15) is 5.26 Å². The van der Waals surface area contributed by atoms with E-state index in [0.29, 0.717) is 12.1 Å². The Labute approximate surface area is 96.1 Å². The monoisotopic (exact) mass is 216 g/mol. The van der Waals surface area contributed by atoms with Gasteiger partial charge in [0.25, 0.3) is 5.91 Å². The third kappa shape index (κ3) is 2.83. The first kappa shape index (κ1) is 12.3. The maximum absolute atomic E-state index is 11.8. The summed E-state index contributed by atoms with van der Waals surface area (Å²) >= 11 is 0. The van der Waals surface area contributed by atoms with Gasteiger partial charge in [-0.3, -0.25) is 4.79 Å². The number of hydrogen-bond donors (Lipinski definition) is 1. The zero-order valence-corrected chi connectivity index (χ0v) is 9.87. The summed E-state index contributed by atoms with van der Waals surface area (Å²) in [6.45, 7) is 6.08. The van der Waals surface area contributed by atoms with Crippen LogP contribution in [0.15, 0.2) is 18.2 Å². The van der Waals surface area contributed by atoms with Crippen molar-refractivity contribution in [2.24, 2.45) is 5.92 Å². The average molecular weight is 216 g/mol. The molecule has 1 N–H and O–H groups in total. The van der Waals surface area contributed by atoms with Crippen LogP contribution in [0, 0.1) is 31.1 Å². The van der Waals surface area contributed by atoms with E-state index in [-0.39, 0.29) is 11.8 Å². The fourth-order valence-corrected chi connectivity index (χ4v) is 1.38. The van der Waals surface area contributed by atoms with Crippen molar-refractivity contribution in [3.63, 3.8) is 0 Å². The summed E-state index contributed by atoms with van der Waals surface area (Å²) in [6, 6.07) is 7.73. The van der Waals surface area contributed by atoms with Gasteiger partial charge in [0, 0.05) is 12.1 Å². The molecular weight excluding hydrogens is 200 g/mol. The van der Waals surface area contributed by atoms with Crippen LogP contribution in [0.2, 0.25) is 0 Å². The molecule has 0 spiro atoms. The lowest BCUT2D eigenvalue weighted by molar-refractivity contribution is 0.0950. The highest BCUT2D eigenvalue weighted by molar-refractivity contribution is 5.95. The molecule has 0 aliphatic rings. The van der Waals surface area contributed by atoms with Gasteiger partial charge in [-0.1, -0.05) is 12.1 Å². The second-order valence-corrected chi connectivity index (χ2v) is 3.99. The van der Waals surface area contributed by atoms with E-state index in [1.54, 1.807) is 13.0 Å². The number of rotatable bonds is 3. The van der Waals surface area contributed by atoms with Gasteiger partial charge in [-0.25, -0.2) is 0 Å². The smallest absolute Gasteiger partial charge is 0.251 e. The Balaban J connectivity index is 2.75. The van der Waals surface area contributed by atoms with Gasteiger partial charge < -0.3 is 5.32 Å². The molecule has 3 heteroatoms. The van der Waals surface area contributed by atoms with Crippen LogP contribution in [0.4, 0.5) is 0 Å². The maximum Gasteiger partial charge on any atom is 0.251 e. The predicted molar refractivity (Wildman–Crippen MR) is 63.0 cm³/mol. The molecule has 0 aromatic heterocycles. The first-order valence-electron chi connectivity index (χ1n) is 5.30. The number of hydrogen-bond acceptors (Lipinski definition) is 2. The summed E-state index contributed by atoms with van der Waals surface area (Å²) in [5, 5.41) is 11.4. The third-order valence-electron chi connectivity index (χ3n) is 2.64. The van der Waals surface area contributed by atoms with Crippen molar-refractivity contribution in [2.75, 3.05) is 6.54 Å². The summed E-state index contributed by atoms with van der Waals surface area (Å²) in [5.74, 6) is -0.266. The van der Waals surface area contributed by atoms with Crippen molar-refractivity contribution in [2.45, 2.75) is 20.8 Å². The fourth-order valence-electron chi connectivity index (χ4n) is 1.38. The molecule has 1 aromatic rings. The normalized spacial score (nSPS) is 11.6. The van der Waals surface area contributed by atoms with E-state index in [1.165, 1.54) is 0 Å². The molecule has 0 fully saturated rings. The second kappa shape index (κ2) is 5.32. The Morgan fingerprint density at radius 2 is 2.19 bits per heavy atom. The standard InChI is InChI=1S/C13H16N2O/c1-9(7-14)8-15-13(16)12-6-4-5-10(2)11(12)3/h4-6,9H,8H2,1-3H3,(H,15,16). The minimum atomic E-state index is -0.158.